The van der Waals surface area contributed by atoms with Crippen LogP contribution in [-0.2, 0) is 16.1 Å². The van der Waals surface area contributed by atoms with Crippen molar-refractivity contribution in [2.24, 2.45) is 5.92 Å². The van der Waals surface area contributed by atoms with Gasteiger partial charge in [0, 0.05) is 24.8 Å². The summed E-state index contributed by atoms with van der Waals surface area (Å²) >= 11 is 6.40. The molecule has 3 heterocycles. The molecule has 3 aromatic rings. The molecule has 2 aliphatic rings. The maximum absolute atomic E-state index is 12.8. The largest absolute Gasteiger partial charge is 0.336 e. The van der Waals surface area contributed by atoms with Crippen LogP contribution in [0.25, 0.3) is 0 Å². The number of rotatable bonds is 5. The molecule has 0 bridgehead atoms. The Morgan fingerprint density at radius 2 is 1.71 bits per heavy atom. The molecule has 1 atom stereocenters. The Kier molecular flexibility index (Phi) is 5.59. The SMILES string of the molecule is O=C(Nc1ccc(N2C(=O)c3ccccc3C2=O)c(Cl)c1)C1CC(=O)N(Cc2ccccn2)C1. The highest BCUT2D eigenvalue weighted by Gasteiger charge is 2.38. The molecule has 34 heavy (non-hydrogen) atoms. The summed E-state index contributed by atoms with van der Waals surface area (Å²) in [4.78, 5) is 57.5. The number of halogens is 1. The lowest BCUT2D eigenvalue weighted by Crippen LogP contribution is -2.30. The molecule has 4 amide bonds. The van der Waals surface area contributed by atoms with Crippen LogP contribution in [0.5, 0.6) is 0 Å². The summed E-state index contributed by atoms with van der Waals surface area (Å²) in [6.07, 6.45) is 1.77. The van der Waals surface area contributed by atoms with Crippen LogP contribution < -0.4 is 10.2 Å². The molecule has 0 spiro atoms. The predicted octanol–water partition coefficient (Wildman–Crippen LogP) is 3.52. The number of anilines is 2. The van der Waals surface area contributed by atoms with Gasteiger partial charge in [0.25, 0.3) is 11.8 Å². The molecule has 2 aliphatic heterocycles. The van der Waals surface area contributed by atoms with E-state index < -0.39 is 17.7 Å². The van der Waals surface area contributed by atoms with Crippen molar-refractivity contribution in [3.63, 3.8) is 0 Å². The monoisotopic (exact) mass is 474 g/mol. The minimum atomic E-state index is -0.508. The third-order valence-electron chi connectivity index (χ3n) is 5.91. The van der Waals surface area contributed by atoms with Gasteiger partial charge in [-0.1, -0.05) is 29.8 Å². The third-order valence-corrected chi connectivity index (χ3v) is 6.22. The van der Waals surface area contributed by atoms with Crippen LogP contribution in [0.1, 0.15) is 32.8 Å². The van der Waals surface area contributed by atoms with E-state index in [0.717, 1.165) is 10.6 Å². The first-order valence-corrected chi connectivity index (χ1v) is 11.1. The molecule has 5 rings (SSSR count). The number of nitrogens with zero attached hydrogens (tertiary/aromatic N) is 3. The van der Waals surface area contributed by atoms with Gasteiger partial charge in [-0.15, -0.1) is 0 Å². The zero-order chi connectivity index (χ0) is 23.8. The van der Waals surface area contributed by atoms with Gasteiger partial charge in [-0.2, -0.15) is 0 Å². The number of amides is 4. The lowest BCUT2D eigenvalue weighted by Gasteiger charge is -2.18. The van der Waals surface area contributed by atoms with Crippen molar-refractivity contribution in [3.8, 4) is 0 Å². The Bertz CT molecular complexity index is 1290. The van der Waals surface area contributed by atoms with Crippen LogP contribution in [0.2, 0.25) is 5.02 Å². The number of carbonyl (C=O) groups is 4. The Morgan fingerprint density at radius 3 is 2.35 bits per heavy atom. The fraction of sp³-hybridized carbons (Fsp3) is 0.160. The summed E-state index contributed by atoms with van der Waals surface area (Å²) in [7, 11) is 0. The first kappa shape index (κ1) is 21.8. The van der Waals surface area contributed by atoms with Crippen molar-refractivity contribution >= 4 is 46.6 Å². The molecule has 1 N–H and O–H groups in total. The van der Waals surface area contributed by atoms with E-state index in [0.29, 0.717) is 29.9 Å². The lowest BCUT2D eigenvalue weighted by molar-refractivity contribution is -0.128. The first-order chi connectivity index (χ1) is 16.4. The van der Waals surface area contributed by atoms with Gasteiger partial charge in [0.1, 0.15) is 0 Å². The minimum absolute atomic E-state index is 0.107. The summed E-state index contributed by atoms with van der Waals surface area (Å²) in [6.45, 7) is 0.645. The second-order valence-corrected chi connectivity index (χ2v) is 8.55. The summed E-state index contributed by atoms with van der Waals surface area (Å²) in [5.41, 5.74) is 2.05. The summed E-state index contributed by atoms with van der Waals surface area (Å²) in [6, 6.07) is 16.6. The van der Waals surface area contributed by atoms with Crippen molar-refractivity contribution in [2.75, 3.05) is 16.8 Å². The van der Waals surface area contributed by atoms with Crippen molar-refractivity contribution < 1.29 is 19.2 Å². The van der Waals surface area contributed by atoms with E-state index in [4.69, 9.17) is 11.6 Å². The average molecular weight is 475 g/mol. The number of benzene rings is 2. The highest BCUT2D eigenvalue weighted by atomic mass is 35.5. The van der Waals surface area contributed by atoms with Crippen molar-refractivity contribution in [2.45, 2.75) is 13.0 Å². The maximum atomic E-state index is 12.8. The highest BCUT2D eigenvalue weighted by Crippen LogP contribution is 2.35. The smallest absolute Gasteiger partial charge is 0.266 e. The zero-order valence-electron chi connectivity index (χ0n) is 17.9. The topological polar surface area (TPSA) is 99.7 Å². The number of nitrogens with one attached hydrogen (secondary N) is 1. The van der Waals surface area contributed by atoms with Gasteiger partial charge in [-0.05, 0) is 42.5 Å². The number of hydrogen-bond acceptors (Lipinski definition) is 5. The number of imide groups is 1. The summed E-state index contributed by atoms with van der Waals surface area (Å²) in [5, 5.41) is 2.93. The number of pyridine rings is 1. The van der Waals surface area contributed by atoms with E-state index in [1.165, 1.54) is 12.1 Å². The molecule has 1 saturated heterocycles. The van der Waals surface area contributed by atoms with E-state index in [1.54, 1.807) is 47.5 Å². The van der Waals surface area contributed by atoms with Crippen LogP contribution in [0.4, 0.5) is 11.4 Å². The van der Waals surface area contributed by atoms with Crippen LogP contribution in [0.3, 0.4) is 0 Å². The average Bonchev–Trinajstić information content (AvgIpc) is 3.32. The third kappa shape index (κ3) is 3.92. The Labute approximate surface area is 200 Å². The second kappa shape index (κ2) is 8.72. The van der Waals surface area contributed by atoms with Gasteiger partial charge in [-0.3, -0.25) is 24.2 Å². The minimum Gasteiger partial charge on any atom is -0.336 e. The predicted molar refractivity (Wildman–Crippen MR) is 125 cm³/mol. The molecule has 1 aromatic heterocycles. The molecule has 0 radical (unpaired) electrons. The molecule has 2 aromatic carbocycles. The normalized spacial score (nSPS) is 17.3. The van der Waals surface area contributed by atoms with Gasteiger partial charge in [0.2, 0.25) is 11.8 Å². The van der Waals surface area contributed by atoms with Crippen LogP contribution in [0.15, 0.2) is 66.9 Å². The number of fused-ring (bicyclic) bond motifs is 1. The quantitative estimate of drug-likeness (QED) is 0.570. The van der Waals surface area contributed by atoms with Crippen molar-refractivity contribution in [3.05, 3.63) is 88.7 Å². The standard InChI is InChI=1S/C25H19ClN4O4/c26-20-12-16(8-9-21(20)30-24(33)18-6-1-2-7-19(18)25(30)34)28-23(32)15-11-22(31)29(13-15)14-17-5-3-4-10-27-17/h1-10,12,15H,11,13-14H2,(H,28,32). The highest BCUT2D eigenvalue weighted by molar-refractivity contribution is 6.40. The second-order valence-electron chi connectivity index (χ2n) is 8.14. The molecule has 170 valence electrons. The molecule has 9 heteroatoms. The van der Waals surface area contributed by atoms with Gasteiger partial charge in [-0.25, -0.2) is 4.90 Å². The van der Waals surface area contributed by atoms with Gasteiger partial charge in [0.15, 0.2) is 0 Å². The molecule has 0 aliphatic carbocycles. The van der Waals surface area contributed by atoms with Crippen LogP contribution >= 0.6 is 11.6 Å². The molecule has 8 nitrogen and oxygen atoms in total. The molecular weight excluding hydrogens is 456 g/mol. The summed E-state index contributed by atoms with van der Waals surface area (Å²) in [5.74, 6) is -1.81. The van der Waals surface area contributed by atoms with Crippen molar-refractivity contribution in [1.29, 1.82) is 0 Å². The van der Waals surface area contributed by atoms with Gasteiger partial charge in [0.05, 0.1) is 40.0 Å². The number of hydrogen-bond donors (Lipinski definition) is 1. The summed E-state index contributed by atoms with van der Waals surface area (Å²) < 4.78 is 0. The van der Waals surface area contributed by atoms with E-state index in [9.17, 15) is 19.2 Å². The Balaban J connectivity index is 1.27. The molecular formula is C25H19ClN4O4. The fourth-order valence-corrected chi connectivity index (χ4v) is 4.47. The van der Waals surface area contributed by atoms with Crippen LogP contribution in [0, 0.1) is 5.92 Å². The first-order valence-electron chi connectivity index (χ1n) is 10.7. The van der Waals surface area contributed by atoms with E-state index in [-0.39, 0.29) is 28.9 Å². The number of carbonyl (C=O) groups excluding carboxylic acids is 4. The lowest BCUT2D eigenvalue weighted by atomic mass is 10.1. The zero-order valence-corrected chi connectivity index (χ0v) is 18.7. The van der Waals surface area contributed by atoms with Crippen molar-refractivity contribution in [1.82, 2.24) is 9.88 Å². The Hall–Kier alpha value is -4.04. The molecule has 1 unspecified atom stereocenters. The fourth-order valence-electron chi connectivity index (χ4n) is 4.21. The number of aromatic nitrogens is 1. The number of likely N-dealkylation sites (tertiary alicyclic amines) is 1. The molecule has 1 fully saturated rings. The maximum Gasteiger partial charge on any atom is 0.266 e. The van der Waals surface area contributed by atoms with Gasteiger partial charge < -0.3 is 10.2 Å². The van der Waals surface area contributed by atoms with E-state index in [2.05, 4.69) is 10.3 Å². The van der Waals surface area contributed by atoms with E-state index in [1.807, 2.05) is 12.1 Å². The van der Waals surface area contributed by atoms with E-state index >= 15 is 0 Å². The van der Waals surface area contributed by atoms with Crippen LogP contribution in [-0.4, -0.2) is 40.1 Å². The molecule has 0 saturated carbocycles. The van der Waals surface area contributed by atoms with Gasteiger partial charge >= 0.3 is 0 Å². The Morgan fingerprint density at radius 1 is 1.00 bits per heavy atom.